The van der Waals surface area contributed by atoms with Gasteiger partial charge in [-0.25, -0.2) is 0 Å². The normalized spacial score (nSPS) is 13.6. The Kier molecular flexibility index (Phi) is 9.76. The molecular weight excluding hydrogens is 416 g/mol. The summed E-state index contributed by atoms with van der Waals surface area (Å²) in [7, 11) is 1.79. The van der Waals surface area contributed by atoms with Crippen LogP contribution < -0.4 is 9.64 Å². The Morgan fingerprint density at radius 2 is 1.67 bits per heavy atom. The second-order valence-electron chi connectivity index (χ2n) is 8.52. The van der Waals surface area contributed by atoms with Crippen LogP contribution in [0, 0.1) is 0 Å². The van der Waals surface area contributed by atoms with E-state index in [4.69, 9.17) is 9.47 Å². The SMILES string of the molecule is CCCCCOc1ccc(C(=O)CCC(=O)N(C)Cc2ccc(N3CCOCC3)cc2)cc1. The molecule has 0 aromatic heterocycles. The molecule has 2 aromatic rings. The first-order chi connectivity index (χ1) is 16.1. The van der Waals surface area contributed by atoms with E-state index >= 15 is 0 Å². The lowest BCUT2D eigenvalue weighted by Gasteiger charge is -2.29. The van der Waals surface area contributed by atoms with Gasteiger partial charge in [-0.05, 0) is 48.4 Å². The highest BCUT2D eigenvalue weighted by atomic mass is 16.5. The van der Waals surface area contributed by atoms with Crippen molar-refractivity contribution in [1.82, 2.24) is 4.90 Å². The first-order valence-corrected chi connectivity index (χ1v) is 12.0. The lowest BCUT2D eigenvalue weighted by atomic mass is 10.1. The van der Waals surface area contributed by atoms with Gasteiger partial charge in [0.05, 0.1) is 19.8 Å². The van der Waals surface area contributed by atoms with Crippen molar-refractivity contribution in [1.29, 1.82) is 0 Å². The first-order valence-electron chi connectivity index (χ1n) is 12.0. The molecule has 0 atom stereocenters. The van der Waals surface area contributed by atoms with Gasteiger partial charge in [-0.2, -0.15) is 0 Å². The van der Waals surface area contributed by atoms with Crippen molar-refractivity contribution in [2.45, 2.75) is 45.6 Å². The van der Waals surface area contributed by atoms with E-state index in [1.54, 1.807) is 24.1 Å². The number of benzene rings is 2. The van der Waals surface area contributed by atoms with Crippen molar-refractivity contribution in [3.05, 3.63) is 59.7 Å². The average molecular weight is 453 g/mol. The number of unbranched alkanes of at least 4 members (excludes halogenated alkanes) is 2. The molecule has 1 aliphatic heterocycles. The van der Waals surface area contributed by atoms with Crippen LogP contribution in [0.25, 0.3) is 0 Å². The summed E-state index contributed by atoms with van der Waals surface area (Å²) in [6.07, 6.45) is 3.75. The first kappa shape index (κ1) is 24.8. The van der Waals surface area contributed by atoms with E-state index in [-0.39, 0.29) is 24.5 Å². The van der Waals surface area contributed by atoms with Gasteiger partial charge in [0, 0.05) is 50.8 Å². The molecule has 6 nitrogen and oxygen atoms in total. The van der Waals surface area contributed by atoms with Gasteiger partial charge in [0.2, 0.25) is 5.91 Å². The summed E-state index contributed by atoms with van der Waals surface area (Å²) in [6.45, 7) is 6.70. The van der Waals surface area contributed by atoms with Crippen molar-refractivity contribution in [2.75, 3.05) is 44.9 Å². The number of carbonyl (C=O) groups is 2. The molecule has 0 spiro atoms. The van der Waals surface area contributed by atoms with Crippen LogP contribution in [0.2, 0.25) is 0 Å². The number of Topliss-reactive ketones (excluding diaryl/α,β-unsaturated/α-hetero) is 1. The topological polar surface area (TPSA) is 59.1 Å². The van der Waals surface area contributed by atoms with Gasteiger partial charge in [-0.15, -0.1) is 0 Å². The zero-order valence-electron chi connectivity index (χ0n) is 19.9. The standard InChI is InChI=1S/C27H36N2O4/c1-3-4-5-18-33-25-12-8-23(9-13-25)26(30)14-15-27(31)28(2)21-22-6-10-24(11-7-22)29-16-19-32-20-17-29/h6-13H,3-5,14-21H2,1-2H3. The molecule has 2 aromatic carbocycles. The zero-order chi connectivity index (χ0) is 23.5. The Bertz CT molecular complexity index is 874. The number of nitrogens with zero attached hydrogens (tertiary/aromatic N) is 2. The van der Waals surface area contributed by atoms with E-state index in [0.29, 0.717) is 18.7 Å². The lowest BCUT2D eigenvalue weighted by molar-refractivity contribution is -0.130. The largest absolute Gasteiger partial charge is 0.494 e. The third kappa shape index (κ3) is 7.90. The molecule has 1 amide bonds. The van der Waals surface area contributed by atoms with Crippen LogP contribution in [0.1, 0.15) is 54.9 Å². The number of ether oxygens (including phenoxy) is 2. The Morgan fingerprint density at radius 3 is 2.33 bits per heavy atom. The van der Waals surface area contributed by atoms with Crippen LogP contribution in [-0.4, -0.2) is 56.5 Å². The molecule has 1 aliphatic rings. The summed E-state index contributed by atoms with van der Waals surface area (Å²) >= 11 is 0. The Balaban J connectivity index is 1.41. The zero-order valence-corrected chi connectivity index (χ0v) is 19.9. The van der Waals surface area contributed by atoms with E-state index in [1.807, 2.05) is 12.1 Å². The summed E-state index contributed by atoms with van der Waals surface area (Å²) in [4.78, 5) is 29.0. The summed E-state index contributed by atoms with van der Waals surface area (Å²) in [5.41, 5.74) is 2.87. The van der Waals surface area contributed by atoms with Gasteiger partial charge in [0.25, 0.3) is 0 Å². The number of hydrogen-bond acceptors (Lipinski definition) is 5. The number of anilines is 1. The summed E-state index contributed by atoms with van der Waals surface area (Å²) in [6, 6.07) is 15.5. The minimum absolute atomic E-state index is 0.0239. The van der Waals surface area contributed by atoms with Crippen LogP contribution in [-0.2, 0) is 16.1 Å². The molecule has 6 heteroatoms. The van der Waals surface area contributed by atoms with Gasteiger partial charge in [-0.3, -0.25) is 9.59 Å². The summed E-state index contributed by atoms with van der Waals surface area (Å²) in [5.74, 6) is 0.721. The Labute approximate surface area is 197 Å². The predicted octanol–water partition coefficient (Wildman–Crippen LogP) is 4.71. The smallest absolute Gasteiger partial charge is 0.223 e. The van der Waals surface area contributed by atoms with Crippen molar-refractivity contribution in [3.8, 4) is 5.75 Å². The molecule has 0 radical (unpaired) electrons. The number of hydrogen-bond donors (Lipinski definition) is 0. The maximum absolute atomic E-state index is 12.6. The third-order valence-electron chi connectivity index (χ3n) is 5.92. The molecule has 0 N–H and O–H groups in total. The number of ketones is 1. The highest BCUT2D eigenvalue weighted by molar-refractivity contribution is 5.98. The molecule has 178 valence electrons. The fourth-order valence-corrected chi connectivity index (χ4v) is 3.83. The fourth-order valence-electron chi connectivity index (χ4n) is 3.83. The number of amides is 1. The van der Waals surface area contributed by atoms with Crippen molar-refractivity contribution in [2.24, 2.45) is 0 Å². The molecule has 1 heterocycles. The molecule has 0 bridgehead atoms. The van der Waals surface area contributed by atoms with Crippen LogP contribution in [0.4, 0.5) is 5.69 Å². The van der Waals surface area contributed by atoms with Crippen LogP contribution >= 0.6 is 0 Å². The van der Waals surface area contributed by atoms with E-state index < -0.39 is 0 Å². The van der Waals surface area contributed by atoms with Gasteiger partial charge < -0.3 is 19.3 Å². The third-order valence-corrected chi connectivity index (χ3v) is 5.92. The Morgan fingerprint density at radius 1 is 0.970 bits per heavy atom. The van der Waals surface area contributed by atoms with Gasteiger partial charge in [-0.1, -0.05) is 31.9 Å². The van der Waals surface area contributed by atoms with Crippen LogP contribution in [0.3, 0.4) is 0 Å². The number of carbonyl (C=O) groups excluding carboxylic acids is 2. The molecule has 1 saturated heterocycles. The quantitative estimate of drug-likeness (QED) is 0.345. The Hall–Kier alpha value is -2.86. The second kappa shape index (κ2) is 13.0. The molecule has 1 fully saturated rings. The summed E-state index contributed by atoms with van der Waals surface area (Å²) in [5, 5.41) is 0. The van der Waals surface area contributed by atoms with E-state index in [1.165, 1.54) is 5.69 Å². The van der Waals surface area contributed by atoms with Gasteiger partial charge in [0.1, 0.15) is 5.75 Å². The van der Waals surface area contributed by atoms with Gasteiger partial charge >= 0.3 is 0 Å². The van der Waals surface area contributed by atoms with Crippen LogP contribution in [0.15, 0.2) is 48.5 Å². The monoisotopic (exact) mass is 452 g/mol. The molecule has 0 unspecified atom stereocenters. The van der Waals surface area contributed by atoms with Gasteiger partial charge in [0.15, 0.2) is 5.78 Å². The molecular formula is C27H36N2O4. The molecule has 3 rings (SSSR count). The minimum Gasteiger partial charge on any atom is -0.494 e. The highest BCUT2D eigenvalue weighted by Crippen LogP contribution is 2.18. The van der Waals surface area contributed by atoms with E-state index in [9.17, 15) is 9.59 Å². The number of morpholine rings is 1. The maximum atomic E-state index is 12.6. The lowest BCUT2D eigenvalue weighted by Crippen LogP contribution is -2.36. The fraction of sp³-hybridized carbons (Fsp3) is 0.481. The number of rotatable bonds is 12. The molecule has 0 saturated carbocycles. The van der Waals surface area contributed by atoms with Crippen molar-refractivity contribution >= 4 is 17.4 Å². The second-order valence-corrected chi connectivity index (χ2v) is 8.52. The molecule has 33 heavy (non-hydrogen) atoms. The molecule has 0 aliphatic carbocycles. The van der Waals surface area contributed by atoms with Crippen molar-refractivity contribution in [3.63, 3.8) is 0 Å². The average Bonchev–Trinajstić information content (AvgIpc) is 2.86. The predicted molar refractivity (Wildman–Crippen MR) is 131 cm³/mol. The van der Waals surface area contributed by atoms with Crippen LogP contribution in [0.5, 0.6) is 5.75 Å². The maximum Gasteiger partial charge on any atom is 0.223 e. The van der Waals surface area contributed by atoms with E-state index in [0.717, 1.165) is 56.9 Å². The highest BCUT2D eigenvalue weighted by Gasteiger charge is 2.14. The van der Waals surface area contributed by atoms with E-state index in [2.05, 4.69) is 36.1 Å². The van der Waals surface area contributed by atoms with Crippen molar-refractivity contribution < 1.29 is 19.1 Å². The minimum atomic E-state index is -0.0310. The summed E-state index contributed by atoms with van der Waals surface area (Å²) < 4.78 is 11.1.